The van der Waals surface area contributed by atoms with Gasteiger partial charge in [-0.2, -0.15) is 0 Å². The van der Waals surface area contributed by atoms with Crippen LogP contribution in [0.25, 0.3) is 0 Å². The zero-order valence-electron chi connectivity index (χ0n) is 12.1. The van der Waals surface area contributed by atoms with Crippen LogP contribution in [0.4, 0.5) is 11.4 Å². The molecule has 0 aromatic heterocycles. The maximum atomic E-state index is 12.5. The smallest absolute Gasteiger partial charge is 0.292 e. The van der Waals surface area contributed by atoms with Gasteiger partial charge >= 0.3 is 0 Å². The average Bonchev–Trinajstić information content (AvgIpc) is 2.44. The van der Waals surface area contributed by atoms with E-state index in [1.807, 2.05) is 0 Å². The molecule has 0 spiro atoms. The Morgan fingerprint density at radius 2 is 2.24 bits per heavy atom. The maximum absolute atomic E-state index is 12.5. The molecule has 1 amide bonds. The van der Waals surface area contributed by atoms with Crippen molar-refractivity contribution in [1.29, 1.82) is 0 Å². The van der Waals surface area contributed by atoms with Crippen LogP contribution in [0.3, 0.4) is 0 Å². The van der Waals surface area contributed by atoms with Gasteiger partial charge in [-0.15, -0.1) is 0 Å². The summed E-state index contributed by atoms with van der Waals surface area (Å²) in [4.78, 5) is 24.4. The minimum Gasteiger partial charge on any atom is -0.388 e. The number of nitrogens with zero attached hydrogens (tertiary/aromatic N) is 2. The highest BCUT2D eigenvalue weighted by Crippen LogP contribution is 2.27. The van der Waals surface area contributed by atoms with Crippen LogP contribution in [0.5, 0.6) is 0 Å². The molecular weight excluding hydrogens is 274 g/mol. The second-order valence-corrected chi connectivity index (χ2v) is 5.57. The number of carbonyl (C=O) groups excluding carboxylic acids is 1. The lowest BCUT2D eigenvalue weighted by atomic mass is 9.94. The van der Waals surface area contributed by atoms with Gasteiger partial charge in [-0.25, -0.2) is 0 Å². The number of anilines is 1. The van der Waals surface area contributed by atoms with Gasteiger partial charge in [0, 0.05) is 31.8 Å². The summed E-state index contributed by atoms with van der Waals surface area (Å²) in [7, 11) is 1.57. The van der Waals surface area contributed by atoms with Crippen LogP contribution >= 0.6 is 0 Å². The summed E-state index contributed by atoms with van der Waals surface area (Å²) in [5, 5.41) is 23.7. The Bertz CT molecular complexity index is 571. The number of carbonyl (C=O) groups is 1. The van der Waals surface area contributed by atoms with Gasteiger partial charge in [0.2, 0.25) is 0 Å². The first-order valence-electron chi connectivity index (χ1n) is 6.82. The van der Waals surface area contributed by atoms with Crippen LogP contribution in [0.2, 0.25) is 0 Å². The van der Waals surface area contributed by atoms with Gasteiger partial charge in [-0.3, -0.25) is 14.9 Å². The summed E-state index contributed by atoms with van der Waals surface area (Å²) < 4.78 is 0. The fraction of sp³-hybridized carbons (Fsp3) is 0.500. The number of hydrogen-bond acceptors (Lipinski definition) is 5. The molecule has 0 radical (unpaired) electrons. The Hall–Kier alpha value is -2.15. The number of likely N-dealkylation sites (tertiary alicyclic amines) is 1. The SMILES string of the molecule is CNc1cc(C(=O)N2CCCC(C)(O)C2)ccc1[N+](=O)[O-]. The van der Waals surface area contributed by atoms with Crippen molar-refractivity contribution in [2.45, 2.75) is 25.4 Å². The number of piperidine rings is 1. The van der Waals surface area contributed by atoms with Crippen LogP contribution in [-0.2, 0) is 0 Å². The van der Waals surface area contributed by atoms with E-state index in [1.54, 1.807) is 18.9 Å². The third-order valence-electron chi connectivity index (χ3n) is 3.67. The lowest BCUT2D eigenvalue weighted by molar-refractivity contribution is -0.383. The number of benzene rings is 1. The Labute approximate surface area is 122 Å². The molecule has 1 aromatic rings. The number of nitrogens with one attached hydrogen (secondary N) is 1. The van der Waals surface area contributed by atoms with E-state index in [9.17, 15) is 20.0 Å². The molecule has 1 heterocycles. The van der Waals surface area contributed by atoms with Crippen LogP contribution in [-0.4, -0.2) is 46.6 Å². The summed E-state index contributed by atoms with van der Waals surface area (Å²) in [6.45, 7) is 2.57. The molecular formula is C14H19N3O4. The summed E-state index contributed by atoms with van der Waals surface area (Å²) in [5.41, 5.74) is -0.266. The summed E-state index contributed by atoms with van der Waals surface area (Å²) in [6.07, 6.45) is 1.41. The molecule has 1 unspecified atom stereocenters. The first kappa shape index (κ1) is 15.2. The number of rotatable bonds is 3. The summed E-state index contributed by atoms with van der Waals surface area (Å²) in [6, 6.07) is 4.25. The first-order chi connectivity index (χ1) is 9.84. The van der Waals surface area contributed by atoms with E-state index in [-0.39, 0.29) is 18.1 Å². The van der Waals surface area contributed by atoms with Gasteiger partial charge in [-0.1, -0.05) is 0 Å². The Kier molecular flexibility index (Phi) is 4.13. The van der Waals surface area contributed by atoms with Gasteiger partial charge in [0.1, 0.15) is 5.69 Å². The second-order valence-electron chi connectivity index (χ2n) is 5.57. The van der Waals surface area contributed by atoms with Crippen molar-refractivity contribution >= 4 is 17.3 Å². The van der Waals surface area contributed by atoms with Gasteiger partial charge in [0.25, 0.3) is 11.6 Å². The van der Waals surface area contributed by atoms with Gasteiger partial charge in [-0.05, 0) is 31.9 Å². The third kappa shape index (κ3) is 3.30. The largest absolute Gasteiger partial charge is 0.388 e. The molecule has 1 aliphatic rings. The number of nitro benzene ring substituents is 1. The molecule has 1 saturated heterocycles. The van der Waals surface area contributed by atoms with Gasteiger partial charge in [0.15, 0.2) is 0 Å². The monoisotopic (exact) mass is 293 g/mol. The molecule has 1 aromatic carbocycles. The van der Waals surface area contributed by atoms with Gasteiger partial charge < -0.3 is 15.3 Å². The average molecular weight is 293 g/mol. The quantitative estimate of drug-likeness (QED) is 0.652. The molecule has 1 fully saturated rings. The van der Waals surface area contributed by atoms with E-state index in [0.29, 0.717) is 24.2 Å². The Morgan fingerprint density at radius 1 is 1.52 bits per heavy atom. The molecule has 0 saturated carbocycles. The van der Waals surface area contributed by atoms with Crippen molar-refractivity contribution in [3.05, 3.63) is 33.9 Å². The van der Waals surface area contributed by atoms with Crippen molar-refractivity contribution < 1.29 is 14.8 Å². The molecule has 1 aliphatic heterocycles. The highest BCUT2D eigenvalue weighted by atomic mass is 16.6. The Balaban J connectivity index is 2.25. The second kappa shape index (κ2) is 5.69. The summed E-state index contributed by atoms with van der Waals surface area (Å²) in [5.74, 6) is -0.221. The molecule has 0 bridgehead atoms. The molecule has 2 N–H and O–H groups in total. The van der Waals surface area contributed by atoms with Crippen LogP contribution in [0.15, 0.2) is 18.2 Å². The highest BCUT2D eigenvalue weighted by molar-refractivity contribution is 5.96. The van der Waals surface area contributed by atoms with Crippen molar-refractivity contribution in [2.24, 2.45) is 0 Å². The van der Waals surface area contributed by atoms with Crippen LogP contribution in [0, 0.1) is 10.1 Å². The van der Waals surface area contributed by atoms with Crippen molar-refractivity contribution in [3.8, 4) is 0 Å². The van der Waals surface area contributed by atoms with Crippen molar-refractivity contribution in [2.75, 3.05) is 25.5 Å². The molecule has 7 nitrogen and oxygen atoms in total. The number of β-amino-alcohol motifs (C(OH)–C–C–N with tert-alkyl or cyclic N) is 1. The molecule has 1 atom stereocenters. The van der Waals surface area contributed by atoms with E-state index in [1.165, 1.54) is 18.2 Å². The van der Waals surface area contributed by atoms with E-state index < -0.39 is 10.5 Å². The van der Waals surface area contributed by atoms with Crippen LogP contribution in [0.1, 0.15) is 30.1 Å². The number of amides is 1. The minimum atomic E-state index is -0.874. The first-order valence-corrected chi connectivity index (χ1v) is 6.82. The predicted octanol–water partition coefficient (Wildman–Crippen LogP) is 1.62. The molecule has 2 rings (SSSR count). The topological polar surface area (TPSA) is 95.7 Å². The van der Waals surface area contributed by atoms with E-state index in [2.05, 4.69) is 5.32 Å². The van der Waals surface area contributed by atoms with Gasteiger partial charge in [0.05, 0.1) is 10.5 Å². The van der Waals surface area contributed by atoms with E-state index >= 15 is 0 Å². The van der Waals surface area contributed by atoms with Crippen molar-refractivity contribution in [3.63, 3.8) is 0 Å². The molecule has 114 valence electrons. The lowest BCUT2D eigenvalue weighted by Crippen LogP contribution is -2.48. The molecule has 0 aliphatic carbocycles. The number of hydrogen-bond donors (Lipinski definition) is 2. The fourth-order valence-electron chi connectivity index (χ4n) is 2.60. The maximum Gasteiger partial charge on any atom is 0.292 e. The zero-order chi connectivity index (χ0) is 15.6. The predicted molar refractivity (Wildman–Crippen MR) is 78.4 cm³/mol. The Morgan fingerprint density at radius 3 is 2.81 bits per heavy atom. The lowest BCUT2D eigenvalue weighted by Gasteiger charge is -2.36. The number of nitro groups is 1. The van der Waals surface area contributed by atoms with Crippen molar-refractivity contribution in [1.82, 2.24) is 4.90 Å². The molecule has 7 heteroatoms. The normalized spacial score (nSPS) is 22.0. The van der Waals surface area contributed by atoms with Crippen LogP contribution < -0.4 is 5.32 Å². The molecule has 21 heavy (non-hydrogen) atoms. The van der Waals surface area contributed by atoms with E-state index in [4.69, 9.17) is 0 Å². The fourth-order valence-corrected chi connectivity index (χ4v) is 2.60. The zero-order valence-corrected chi connectivity index (χ0v) is 12.1. The minimum absolute atomic E-state index is 0.0697. The third-order valence-corrected chi connectivity index (χ3v) is 3.67. The standard InChI is InChI=1S/C14H19N3O4/c1-14(19)6-3-7-16(9-14)13(18)10-4-5-12(17(20)21)11(8-10)15-2/h4-5,8,15,19H,3,6-7,9H2,1-2H3. The number of aliphatic hydroxyl groups is 1. The van der Waals surface area contributed by atoms with E-state index in [0.717, 1.165) is 6.42 Å². The summed E-state index contributed by atoms with van der Waals surface area (Å²) >= 11 is 0. The highest BCUT2D eigenvalue weighted by Gasteiger charge is 2.31.